The first-order chi connectivity index (χ1) is 13.4. The lowest BCUT2D eigenvalue weighted by Crippen LogP contribution is -2.46. The summed E-state index contributed by atoms with van der Waals surface area (Å²) in [7, 11) is 0. The van der Waals surface area contributed by atoms with E-state index in [-0.39, 0.29) is 42.0 Å². The van der Waals surface area contributed by atoms with Gasteiger partial charge >= 0.3 is 0 Å². The lowest BCUT2D eigenvalue weighted by molar-refractivity contribution is -0.139. The van der Waals surface area contributed by atoms with Crippen LogP contribution in [0.3, 0.4) is 0 Å². The Labute approximate surface area is 167 Å². The highest BCUT2D eigenvalue weighted by Crippen LogP contribution is 2.28. The number of nitrogens with one attached hydrogen (secondary N) is 1. The molecule has 28 heavy (non-hydrogen) atoms. The summed E-state index contributed by atoms with van der Waals surface area (Å²) in [5.74, 6) is -0.164. The third kappa shape index (κ3) is 4.54. The standard InChI is InChI=1S/C22H31N3O3/c1-4-16(3)23-21(27)17-9-11-24(12-10-17)22(28)18-13-20(26)25(14-18)19-7-5-15(2)6-8-19/h5-8,16-18H,4,9-14H2,1-3H3,(H,23,27)/t16-,18+/m0/s1. The second kappa shape index (κ2) is 8.76. The number of nitrogens with zero attached hydrogens (tertiary/aromatic N) is 2. The number of aryl methyl sites for hydroxylation is 1. The molecule has 2 aliphatic heterocycles. The highest BCUT2D eigenvalue weighted by atomic mass is 16.2. The van der Waals surface area contributed by atoms with Crippen LogP contribution in [0.1, 0.15) is 45.1 Å². The SMILES string of the molecule is CC[C@H](C)NC(=O)C1CCN(C(=O)[C@@H]2CC(=O)N(c3ccc(C)cc3)C2)CC1. The Hall–Kier alpha value is -2.37. The number of likely N-dealkylation sites (tertiary alicyclic amines) is 1. The first kappa shape index (κ1) is 20.4. The monoisotopic (exact) mass is 385 g/mol. The van der Waals surface area contributed by atoms with Gasteiger partial charge in [0.2, 0.25) is 17.7 Å². The van der Waals surface area contributed by atoms with Gasteiger partial charge in [0.25, 0.3) is 0 Å². The zero-order chi connectivity index (χ0) is 20.3. The number of hydrogen-bond acceptors (Lipinski definition) is 3. The van der Waals surface area contributed by atoms with E-state index in [1.54, 1.807) is 4.90 Å². The topological polar surface area (TPSA) is 69.7 Å². The third-order valence-corrected chi connectivity index (χ3v) is 6.00. The molecule has 0 unspecified atom stereocenters. The van der Waals surface area contributed by atoms with E-state index in [0.717, 1.165) is 17.7 Å². The molecule has 1 N–H and O–H groups in total. The van der Waals surface area contributed by atoms with Gasteiger partial charge in [-0.1, -0.05) is 24.6 Å². The van der Waals surface area contributed by atoms with E-state index in [1.165, 1.54) is 0 Å². The van der Waals surface area contributed by atoms with E-state index in [9.17, 15) is 14.4 Å². The molecule has 3 rings (SSSR count). The van der Waals surface area contributed by atoms with Crippen LogP contribution < -0.4 is 10.2 Å². The molecular formula is C22H31N3O3. The van der Waals surface area contributed by atoms with E-state index in [1.807, 2.05) is 43.0 Å². The summed E-state index contributed by atoms with van der Waals surface area (Å²) in [6, 6.07) is 8.01. The van der Waals surface area contributed by atoms with Crippen molar-refractivity contribution < 1.29 is 14.4 Å². The van der Waals surface area contributed by atoms with Gasteiger partial charge in [-0.2, -0.15) is 0 Å². The molecule has 2 fully saturated rings. The molecular weight excluding hydrogens is 354 g/mol. The largest absolute Gasteiger partial charge is 0.353 e. The molecule has 1 aromatic rings. The Morgan fingerprint density at radius 2 is 1.79 bits per heavy atom. The maximum atomic E-state index is 12.9. The van der Waals surface area contributed by atoms with Crippen LogP contribution in [0.15, 0.2) is 24.3 Å². The fourth-order valence-corrected chi connectivity index (χ4v) is 3.93. The molecule has 0 bridgehead atoms. The smallest absolute Gasteiger partial charge is 0.228 e. The van der Waals surface area contributed by atoms with Crippen molar-refractivity contribution in [2.24, 2.45) is 11.8 Å². The molecule has 152 valence electrons. The summed E-state index contributed by atoms with van der Waals surface area (Å²) in [6.07, 6.45) is 2.56. The lowest BCUT2D eigenvalue weighted by atomic mass is 9.94. The van der Waals surface area contributed by atoms with E-state index in [4.69, 9.17) is 0 Å². The number of amides is 3. The molecule has 0 aliphatic carbocycles. The van der Waals surface area contributed by atoms with Crippen molar-refractivity contribution >= 4 is 23.4 Å². The summed E-state index contributed by atoms with van der Waals surface area (Å²) in [5, 5.41) is 3.04. The summed E-state index contributed by atoms with van der Waals surface area (Å²) in [4.78, 5) is 41.2. The van der Waals surface area contributed by atoms with Crippen molar-refractivity contribution in [2.45, 2.75) is 52.5 Å². The molecule has 2 saturated heterocycles. The molecule has 2 heterocycles. The first-order valence-corrected chi connectivity index (χ1v) is 10.3. The molecule has 6 heteroatoms. The maximum Gasteiger partial charge on any atom is 0.228 e. The van der Waals surface area contributed by atoms with Gasteiger partial charge in [-0.25, -0.2) is 0 Å². The first-order valence-electron chi connectivity index (χ1n) is 10.3. The fourth-order valence-electron chi connectivity index (χ4n) is 3.93. The molecule has 2 aliphatic rings. The van der Waals surface area contributed by atoms with Crippen LogP contribution in [0.25, 0.3) is 0 Å². The number of benzene rings is 1. The number of piperidine rings is 1. The highest BCUT2D eigenvalue weighted by molar-refractivity contribution is 6.00. The Morgan fingerprint density at radius 1 is 1.14 bits per heavy atom. The molecule has 0 aromatic heterocycles. The summed E-state index contributed by atoms with van der Waals surface area (Å²) < 4.78 is 0. The Kier molecular flexibility index (Phi) is 6.37. The van der Waals surface area contributed by atoms with Gasteiger partial charge in [0, 0.05) is 43.7 Å². The van der Waals surface area contributed by atoms with Crippen molar-refractivity contribution in [1.29, 1.82) is 0 Å². The van der Waals surface area contributed by atoms with Crippen LogP contribution in [-0.2, 0) is 14.4 Å². The molecule has 0 saturated carbocycles. The summed E-state index contributed by atoms with van der Waals surface area (Å²) in [5.41, 5.74) is 1.99. The van der Waals surface area contributed by atoms with Gasteiger partial charge in [0.15, 0.2) is 0 Å². The van der Waals surface area contributed by atoms with Crippen LogP contribution in [0.2, 0.25) is 0 Å². The van der Waals surface area contributed by atoms with E-state index in [2.05, 4.69) is 12.2 Å². The predicted molar refractivity (Wildman–Crippen MR) is 109 cm³/mol. The van der Waals surface area contributed by atoms with E-state index >= 15 is 0 Å². The molecule has 1 aromatic carbocycles. The maximum absolute atomic E-state index is 12.9. The van der Waals surface area contributed by atoms with Gasteiger partial charge in [-0.05, 0) is 45.2 Å². The van der Waals surface area contributed by atoms with Crippen molar-refractivity contribution in [3.05, 3.63) is 29.8 Å². The molecule has 0 spiro atoms. The van der Waals surface area contributed by atoms with Crippen molar-refractivity contribution in [1.82, 2.24) is 10.2 Å². The number of rotatable bonds is 5. The second-order valence-corrected chi connectivity index (χ2v) is 8.16. The Morgan fingerprint density at radius 3 is 2.39 bits per heavy atom. The minimum absolute atomic E-state index is 0.00465. The van der Waals surface area contributed by atoms with E-state index in [0.29, 0.717) is 32.5 Å². The average Bonchev–Trinajstić information content (AvgIpc) is 3.09. The van der Waals surface area contributed by atoms with Crippen LogP contribution in [0.4, 0.5) is 5.69 Å². The van der Waals surface area contributed by atoms with Gasteiger partial charge < -0.3 is 15.1 Å². The van der Waals surface area contributed by atoms with Crippen LogP contribution in [0.5, 0.6) is 0 Å². The summed E-state index contributed by atoms with van der Waals surface area (Å²) in [6.45, 7) is 7.69. The highest BCUT2D eigenvalue weighted by Gasteiger charge is 2.38. The molecule has 3 amide bonds. The van der Waals surface area contributed by atoms with Gasteiger partial charge in [0.1, 0.15) is 0 Å². The molecule has 0 radical (unpaired) electrons. The number of carbonyl (C=O) groups is 3. The van der Waals surface area contributed by atoms with Crippen LogP contribution in [-0.4, -0.2) is 48.3 Å². The van der Waals surface area contributed by atoms with Crippen LogP contribution in [0, 0.1) is 18.8 Å². The lowest BCUT2D eigenvalue weighted by Gasteiger charge is -2.33. The van der Waals surface area contributed by atoms with Crippen molar-refractivity contribution in [3.63, 3.8) is 0 Å². The zero-order valence-corrected chi connectivity index (χ0v) is 17.1. The second-order valence-electron chi connectivity index (χ2n) is 8.16. The quantitative estimate of drug-likeness (QED) is 0.847. The van der Waals surface area contributed by atoms with Crippen LogP contribution >= 0.6 is 0 Å². The minimum Gasteiger partial charge on any atom is -0.353 e. The molecule has 6 nitrogen and oxygen atoms in total. The van der Waals surface area contributed by atoms with Gasteiger partial charge in [-0.15, -0.1) is 0 Å². The molecule has 2 atom stereocenters. The fraction of sp³-hybridized carbons (Fsp3) is 0.591. The van der Waals surface area contributed by atoms with Gasteiger partial charge in [-0.3, -0.25) is 14.4 Å². The van der Waals surface area contributed by atoms with Crippen molar-refractivity contribution in [3.8, 4) is 0 Å². The minimum atomic E-state index is -0.292. The van der Waals surface area contributed by atoms with E-state index < -0.39 is 0 Å². The number of carbonyl (C=O) groups excluding carboxylic acids is 3. The normalized spacial score (nSPS) is 21.7. The summed E-state index contributed by atoms with van der Waals surface area (Å²) >= 11 is 0. The third-order valence-electron chi connectivity index (χ3n) is 6.00. The Balaban J connectivity index is 1.53. The average molecular weight is 386 g/mol. The van der Waals surface area contributed by atoms with Gasteiger partial charge in [0.05, 0.1) is 5.92 Å². The number of anilines is 1. The number of hydrogen-bond donors (Lipinski definition) is 1. The Bertz CT molecular complexity index is 723. The van der Waals surface area contributed by atoms with Crippen molar-refractivity contribution in [2.75, 3.05) is 24.5 Å². The predicted octanol–water partition coefficient (Wildman–Crippen LogP) is 2.50. The zero-order valence-electron chi connectivity index (χ0n) is 17.1.